The Kier molecular flexibility index (Phi) is 15.2. The van der Waals surface area contributed by atoms with Crippen LogP contribution in [0.4, 0.5) is 8.78 Å². The molecule has 1 aromatic carbocycles. The van der Waals surface area contributed by atoms with E-state index in [0.29, 0.717) is 37.3 Å². The van der Waals surface area contributed by atoms with E-state index in [1.54, 1.807) is 0 Å². The van der Waals surface area contributed by atoms with Crippen molar-refractivity contribution in [2.45, 2.75) is 123 Å². The zero-order chi connectivity index (χ0) is 25.1. The third kappa shape index (κ3) is 13.0. The number of rotatable bonds is 20. The third-order valence-corrected chi connectivity index (χ3v) is 6.45. The van der Waals surface area contributed by atoms with E-state index in [1.807, 2.05) is 43.6 Å². The molecule has 0 aliphatic carbocycles. The van der Waals surface area contributed by atoms with Gasteiger partial charge in [0.2, 0.25) is 0 Å². The molecule has 0 N–H and O–H groups in total. The lowest BCUT2D eigenvalue weighted by Crippen LogP contribution is -2.13. The molecule has 1 heterocycles. The van der Waals surface area contributed by atoms with Crippen molar-refractivity contribution in [3.63, 3.8) is 0 Å². The molecule has 196 valence electrons. The molecule has 2 atom stereocenters. The molecule has 3 nitrogen and oxygen atoms in total. The van der Waals surface area contributed by atoms with Gasteiger partial charge in [-0.15, -0.1) is 0 Å². The fraction of sp³-hybridized carbons (Fsp3) is 0.667. The molecule has 0 aliphatic rings. The van der Waals surface area contributed by atoms with Gasteiger partial charge in [0.15, 0.2) is 5.82 Å². The number of alkyl halides is 2. The molecule has 0 saturated heterocycles. The fourth-order valence-corrected chi connectivity index (χ4v) is 4.26. The van der Waals surface area contributed by atoms with Crippen molar-refractivity contribution in [1.82, 2.24) is 9.97 Å². The molecule has 0 spiro atoms. The number of hydrogen-bond donors (Lipinski definition) is 0. The standard InChI is InChI=1S/C30H46F2N2O/c1-3-5-6-7-8-9-10-11-12-15-25-22-33-30(34-23-25)26-18-20-29(21-19-26)35-24-28(32)17-13-16-27(31)14-4-2/h18-23,27-28H,3-17,24H2,1-2H3. The molecule has 2 rings (SSSR count). The van der Waals surface area contributed by atoms with Crippen molar-refractivity contribution in [2.75, 3.05) is 6.61 Å². The van der Waals surface area contributed by atoms with E-state index >= 15 is 0 Å². The Balaban J connectivity index is 1.63. The van der Waals surface area contributed by atoms with Crippen LogP contribution in [0.1, 0.15) is 109 Å². The maximum Gasteiger partial charge on any atom is 0.159 e. The highest BCUT2D eigenvalue weighted by molar-refractivity contribution is 5.55. The summed E-state index contributed by atoms with van der Waals surface area (Å²) in [5.74, 6) is 1.30. The molecule has 2 aromatic rings. The molecule has 0 saturated carbocycles. The molecule has 0 amide bonds. The number of unbranched alkanes of at least 4 members (excludes halogenated alkanes) is 8. The van der Waals surface area contributed by atoms with Crippen molar-refractivity contribution in [1.29, 1.82) is 0 Å². The van der Waals surface area contributed by atoms with Gasteiger partial charge >= 0.3 is 0 Å². The Bertz CT molecular complexity index is 767. The van der Waals surface area contributed by atoms with Crippen LogP contribution in [0.5, 0.6) is 5.75 Å². The first-order chi connectivity index (χ1) is 17.1. The molecule has 0 radical (unpaired) electrons. The van der Waals surface area contributed by atoms with Crippen LogP contribution in [-0.4, -0.2) is 28.9 Å². The summed E-state index contributed by atoms with van der Waals surface area (Å²) < 4.78 is 33.1. The second kappa shape index (κ2) is 18.3. The lowest BCUT2D eigenvalue weighted by atomic mass is 10.1. The van der Waals surface area contributed by atoms with Gasteiger partial charge in [0.25, 0.3) is 0 Å². The molecule has 5 heteroatoms. The highest BCUT2D eigenvalue weighted by Gasteiger charge is 2.11. The van der Waals surface area contributed by atoms with E-state index in [4.69, 9.17) is 4.74 Å². The van der Waals surface area contributed by atoms with E-state index in [9.17, 15) is 8.78 Å². The summed E-state index contributed by atoms with van der Waals surface area (Å²) in [6, 6.07) is 7.44. The number of nitrogens with zero attached hydrogens (tertiary/aromatic N) is 2. The normalized spacial score (nSPS) is 13.0. The van der Waals surface area contributed by atoms with Crippen molar-refractivity contribution >= 4 is 0 Å². The monoisotopic (exact) mass is 488 g/mol. The topological polar surface area (TPSA) is 35.0 Å². The number of aryl methyl sites for hydroxylation is 1. The minimum absolute atomic E-state index is 0.00582. The van der Waals surface area contributed by atoms with Crippen LogP contribution in [0.2, 0.25) is 0 Å². The van der Waals surface area contributed by atoms with Gasteiger partial charge < -0.3 is 4.74 Å². The number of ether oxygens (including phenoxy) is 1. The average molecular weight is 489 g/mol. The van der Waals surface area contributed by atoms with Gasteiger partial charge in [-0.2, -0.15) is 0 Å². The number of aromatic nitrogens is 2. The van der Waals surface area contributed by atoms with Crippen LogP contribution in [0.3, 0.4) is 0 Å². The fourth-order valence-electron chi connectivity index (χ4n) is 4.26. The van der Waals surface area contributed by atoms with Crippen LogP contribution < -0.4 is 4.74 Å². The van der Waals surface area contributed by atoms with Crippen LogP contribution in [0.15, 0.2) is 36.7 Å². The minimum atomic E-state index is -1.08. The van der Waals surface area contributed by atoms with Crippen LogP contribution in [0.25, 0.3) is 11.4 Å². The maximum atomic E-state index is 14.0. The molecule has 0 fully saturated rings. The average Bonchev–Trinajstić information content (AvgIpc) is 2.87. The lowest BCUT2D eigenvalue weighted by molar-refractivity contribution is 0.178. The quantitative estimate of drug-likeness (QED) is 0.174. The summed E-state index contributed by atoms with van der Waals surface area (Å²) in [6.07, 6.45) is 17.6. The number of hydrogen-bond acceptors (Lipinski definition) is 3. The van der Waals surface area contributed by atoms with E-state index in [0.717, 1.165) is 18.4 Å². The van der Waals surface area contributed by atoms with E-state index in [1.165, 1.54) is 63.4 Å². The predicted octanol–water partition coefficient (Wildman–Crippen LogP) is 9.24. The summed E-state index contributed by atoms with van der Waals surface area (Å²) >= 11 is 0. The molecular weight excluding hydrogens is 442 g/mol. The molecular formula is C30H46F2N2O. The highest BCUT2D eigenvalue weighted by atomic mass is 19.1. The molecule has 0 aliphatic heterocycles. The minimum Gasteiger partial charge on any atom is -0.491 e. The van der Waals surface area contributed by atoms with Crippen molar-refractivity contribution in [2.24, 2.45) is 0 Å². The molecule has 1 aromatic heterocycles. The van der Waals surface area contributed by atoms with Crippen LogP contribution >= 0.6 is 0 Å². The van der Waals surface area contributed by atoms with Crippen molar-refractivity contribution in [3.8, 4) is 17.1 Å². The third-order valence-electron chi connectivity index (χ3n) is 6.45. The zero-order valence-corrected chi connectivity index (χ0v) is 22.0. The Labute approximate surface area is 212 Å². The second-order valence-electron chi connectivity index (χ2n) is 9.74. The van der Waals surface area contributed by atoms with E-state index < -0.39 is 12.3 Å². The Morgan fingerprint density at radius 1 is 0.686 bits per heavy atom. The van der Waals surface area contributed by atoms with Gasteiger partial charge in [-0.05, 0) is 68.4 Å². The maximum absolute atomic E-state index is 14.0. The van der Waals surface area contributed by atoms with Crippen LogP contribution in [0, 0.1) is 0 Å². The van der Waals surface area contributed by atoms with Gasteiger partial charge in [-0.3, -0.25) is 0 Å². The van der Waals surface area contributed by atoms with Gasteiger partial charge in [-0.1, -0.05) is 71.6 Å². The molecule has 0 bridgehead atoms. The summed E-state index contributed by atoms with van der Waals surface area (Å²) in [4.78, 5) is 9.06. The SMILES string of the molecule is CCCCCCCCCCCc1cnc(-c2ccc(OCC(F)CCCC(F)CCC)cc2)nc1. The Morgan fingerprint density at radius 2 is 1.29 bits per heavy atom. The number of benzene rings is 1. The second-order valence-corrected chi connectivity index (χ2v) is 9.74. The van der Waals surface area contributed by atoms with Gasteiger partial charge in [0.1, 0.15) is 24.7 Å². The first kappa shape index (κ1) is 29.2. The first-order valence-corrected chi connectivity index (χ1v) is 13.9. The molecule has 35 heavy (non-hydrogen) atoms. The first-order valence-electron chi connectivity index (χ1n) is 13.9. The molecule has 2 unspecified atom stereocenters. The van der Waals surface area contributed by atoms with Crippen molar-refractivity contribution in [3.05, 3.63) is 42.2 Å². The van der Waals surface area contributed by atoms with Gasteiger partial charge in [0, 0.05) is 18.0 Å². The van der Waals surface area contributed by atoms with Gasteiger partial charge in [0.05, 0.1) is 0 Å². The highest BCUT2D eigenvalue weighted by Crippen LogP contribution is 2.21. The summed E-state index contributed by atoms with van der Waals surface area (Å²) in [5.41, 5.74) is 2.09. The lowest BCUT2D eigenvalue weighted by Gasteiger charge is -2.12. The zero-order valence-electron chi connectivity index (χ0n) is 22.0. The largest absolute Gasteiger partial charge is 0.491 e. The Hall–Kier alpha value is -2.04. The van der Waals surface area contributed by atoms with Crippen molar-refractivity contribution < 1.29 is 13.5 Å². The summed E-state index contributed by atoms with van der Waals surface area (Å²) in [6.45, 7) is 4.22. The van der Waals surface area contributed by atoms with E-state index in [2.05, 4.69) is 16.9 Å². The smallest absolute Gasteiger partial charge is 0.159 e. The summed E-state index contributed by atoms with van der Waals surface area (Å²) in [5, 5.41) is 0. The van der Waals surface area contributed by atoms with Crippen LogP contribution in [-0.2, 0) is 6.42 Å². The number of halogens is 2. The van der Waals surface area contributed by atoms with E-state index in [-0.39, 0.29) is 6.61 Å². The van der Waals surface area contributed by atoms with Gasteiger partial charge in [-0.25, -0.2) is 18.7 Å². The predicted molar refractivity (Wildman–Crippen MR) is 142 cm³/mol. The Morgan fingerprint density at radius 3 is 1.91 bits per heavy atom. The summed E-state index contributed by atoms with van der Waals surface area (Å²) in [7, 11) is 0.